The number of amides is 1. The summed E-state index contributed by atoms with van der Waals surface area (Å²) in [6, 6.07) is 9.28. The highest BCUT2D eigenvalue weighted by molar-refractivity contribution is 7.89. The van der Waals surface area contributed by atoms with Gasteiger partial charge < -0.3 is 14.2 Å². The van der Waals surface area contributed by atoms with E-state index in [0.717, 1.165) is 19.3 Å². The first kappa shape index (κ1) is 23.6. The van der Waals surface area contributed by atoms with Crippen molar-refractivity contribution in [1.82, 2.24) is 9.73 Å². The summed E-state index contributed by atoms with van der Waals surface area (Å²) in [6.45, 7) is 0.989. The summed E-state index contributed by atoms with van der Waals surface area (Å²) in [5.41, 5.74) is 3.12. The molecule has 32 heavy (non-hydrogen) atoms. The number of sulfonamides is 1. The van der Waals surface area contributed by atoms with E-state index in [2.05, 4.69) is 10.5 Å². The third-order valence-electron chi connectivity index (χ3n) is 5.16. The SMILES string of the molecule is COc1cc(OC)c(/C=N/NC(=O)c2cccc(S(=O)(=O)N3CCCCC3)c2)c(OC)c1. The number of methoxy groups -OCH3 is 3. The number of piperidine rings is 1. The molecule has 172 valence electrons. The quantitative estimate of drug-likeness (QED) is 0.479. The Morgan fingerprint density at radius 1 is 1.00 bits per heavy atom. The van der Waals surface area contributed by atoms with E-state index in [1.165, 1.54) is 50.0 Å². The van der Waals surface area contributed by atoms with Crippen LogP contribution >= 0.6 is 0 Å². The van der Waals surface area contributed by atoms with Gasteiger partial charge in [0.25, 0.3) is 5.91 Å². The van der Waals surface area contributed by atoms with Crippen molar-refractivity contribution in [3.05, 3.63) is 47.5 Å². The first-order valence-corrected chi connectivity index (χ1v) is 11.6. The van der Waals surface area contributed by atoms with Crippen LogP contribution in [0.15, 0.2) is 46.4 Å². The predicted octanol–water partition coefficient (Wildman–Crippen LogP) is 2.65. The van der Waals surface area contributed by atoms with E-state index in [1.807, 2.05) is 0 Å². The number of hydrogen-bond donors (Lipinski definition) is 1. The average Bonchev–Trinajstić information content (AvgIpc) is 2.84. The van der Waals surface area contributed by atoms with Gasteiger partial charge in [0.15, 0.2) is 0 Å². The third kappa shape index (κ3) is 5.20. The highest BCUT2D eigenvalue weighted by Crippen LogP contribution is 2.32. The van der Waals surface area contributed by atoms with Crippen LogP contribution in [-0.4, -0.2) is 59.3 Å². The van der Waals surface area contributed by atoms with E-state index in [0.29, 0.717) is 35.9 Å². The molecule has 0 atom stereocenters. The Kier molecular flexibility index (Phi) is 7.70. The molecule has 0 bridgehead atoms. The molecule has 0 aliphatic carbocycles. The summed E-state index contributed by atoms with van der Waals surface area (Å²) in [5, 5.41) is 3.99. The fraction of sp³-hybridized carbons (Fsp3) is 0.364. The minimum absolute atomic E-state index is 0.0922. The van der Waals surface area contributed by atoms with Crippen molar-refractivity contribution in [1.29, 1.82) is 0 Å². The molecule has 1 aliphatic rings. The van der Waals surface area contributed by atoms with Crippen LogP contribution in [0.5, 0.6) is 17.2 Å². The molecule has 0 spiro atoms. The largest absolute Gasteiger partial charge is 0.496 e. The van der Waals surface area contributed by atoms with Gasteiger partial charge in [0.05, 0.1) is 38.0 Å². The summed E-state index contributed by atoms with van der Waals surface area (Å²) < 4.78 is 43.1. The van der Waals surface area contributed by atoms with Crippen molar-refractivity contribution in [3.8, 4) is 17.2 Å². The van der Waals surface area contributed by atoms with Gasteiger partial charge in [0.1, 0.15) is 17.2 Å². The first-order valence-electron chi connectivity index (χ1n) is 10.1. The van der Waals surface area contributed by atoms with Gasteiger partial charge >= 0.3 is 0 Å². The molecule has 1 saturated heterocycles. The van der Waals surface area contributed by atoms with Crippen LogP contribution in [-0.2, 0) is 10.0 Å². The van der Waals surface area contributed by atoms with Crippen LogP contribution in [0.1, 0.15) is 35.2 Å². The van der Waals surface area contributed by atoms with Gasteiger partial charge in [0, 0.05) is 30.8 Å². The van der Waals surface area contributed by atoms with E-state index in [1.54, 1.807) is 18.2 Å². The number of rotatable bonds is 8. The lowest BCUT2D eigenvalue weighted by Gasteiger charge is -2.25. The monoisotopic (exact) mass is 461 g/mol. The Balaban J connectivity index is 1.77. The maximum atomic E-state index is 12.9. The van der Waals surface area contributed by atoms with Crippen LogP contribution in [0.4, 0.5) is 0 Å². The number of hydrogen-bond acceptors (Lipinski definition) is 7. The van der Waals surface area contributed by atoms with E-state index in [9.17, 15) is 13.2 Å². The summed E-state index contributed by atoms with van der Waals surface area (Å²) in [5.74, 6) is 0.914. The van der Waals surface area contributed by atoms with Crippen LogP contribution < -0.4 is 19.6 Å². The minimum Gasteiger partial charge on any atom is -0.496 e. The Bertz CT molecular complexity index is 1070. The summed E-state index contributed by atoms with van der Waals surface area (Å²) >= 11 is 0. The second-order valence-electron chi connectivity index (χ2n) is 7.14. The van der Waals surface area contributed by atoms with E-state index in [4.69, 9.17) is 14.2 Å². The molecule has 0 radical (unpaired) electrons. The second-order valence-corrected chi connectivity index (χ2v) is 9.08. The maximum absolute atomic E-state index is 12.9. The smallest absolute Gasteiger partial charge is 0.271 e. The van der Waals surface area contributed by atoms with Crippen molar-refractivity contribution >= 4 is 22.1 Å². The Hall–Kier alpha value is -3.11. The minimum atomic E-state index is -3.64. The molecule has 1 fully saturated rings. The van der Waals surface area contributed by atoms with Crippen molar-refractivity contribution in [2.24, 2.45) is 5.10 Å². The molecule has 0 saturated carbocycles. The van der Waals surface area contributed by atoms with Crippen LogP contribution in [0.25, 0.3) is 0 Å². The normalized spacial score (nSPS) is 14.8. The molecule has 1 N–H and O–H groups in total. The zero-order chi connectivity index (χ0) is 23.1. The molecule has 10 heteroatoms. The second kappa shape index (κ2) is 10.5. The highest BCUT2D eigenvalue weighted by atomic mass is 32.2. The Morgan fingerprint density at radius 2 is 1.66 bits per heavy atom. The van der Waals surface area contributed by atoms with E-state index < -0.39 is 15.9 Å². The molecule has 0 aromatic heterocycles. The average molecular weight is 462 g/mol. The van der Waals surface area contributed by atoms with Crippen molar-refractivity contribution < 1.29 is 27.4 Å². The molecule has 1 heterocycles. The number of benzene rings is 2. The topological polar surface area (TPSA) is 107 Å². The number of carbonyl (C=O) groups excluding carboxylic acids is 1. The van der Waals surface area contributed by atoms with Crippen LogP contribution in [0.2, 0.25) is 0 Å². The molecule has 1 amide bonds. The van der Waals surface area contributed by atoms with Gasteiger partial charge in [-0.3, -0.25) is 4.79 Å². The fourth-order valence-electron chi connectivity index (χ4n) is 3.43. The van der Waals surface area contributed by atoms with Gasteiger partial charge in [-0.1, -0.05) is 12.5 Å². The lowest BCUT2D eigenvalue weighted by Crippen LogP contribution is -2.35. The zero-order valence-electron chi connectivity index (χ0n) is 18.3. The van der Waals surface area contributed by atoms with Gasteiger partial charge in [0.2, 0.25) is 10.0 Å². The third-order valence-corrected chi connectivity index (χ3v) is 7.06. The van der Waals surface area contributed by atoms with Gasteiger partial charge in [-0.15, -0.1) is 0 Å². The molecule has 3 rings (SSSR count). The fourth-order valence-corrected chi connectivity index (χ4v) is 5.00. The number of carbonyl (C=O) groups is 1. The number of hydrazone groups is 1. The van der Waals surface area contributed by atoms with Gasteiger partial charge in [-0.25, -0.2) is 13.8 Å². The lowest BCUT2D eigenvalue weighted by molar-refractivity contribution is 0.0955. The highest BCUT2D eigenvalue weighted by Gasteiger charge is 2.26. The molecule has 1 aliphatic heterocycles. The molecular weight excluding hydrogens is 434 g/mol. The molecule has 9 nitrogen and oxygen atoms in total. The summed E-state index contributed by atoms with van der Waals surface area (Å²) in [7, 11) is 0.890. The van der Waals surface area contributed by atoms with E-state index in [-0.39, 0.29) is 10.5 Å². The Morgan fingerprint density at radius 3 is 2.25 bits per heavy atom. The van der Waals surface area contributed by atoms with Crippen molar-refractivity contribution in [2.45, 2.75) is 24.2 Å². The van der Waals surface area contributed by atoms with Crippen molar-refractivity contribution in [3.63, 3.8) is 0 Å². The van der Waals surface area contributed by atoms with Crippen LogP contribution in [0.3, 0.4) is 0 Å². The molecule has 0 unspecified atom stereocenters. The van der Waals surface area contributed by atoms with Crippen LogP contribution in [0, 0.1) is 0 Å². The van der Waals surface area contributed by atoms with Gasteiger partial charge in [-0.05, 0) is 31.0 Å². The summed E-state index contributed by atoms with van der Waals surface area (Å²) in [4.78, 5) is 12.7. The molecule has 2 aromatic carbocycles. The zero-order valence-corrected chi connectivity index (χ0v) is 19.1. The van der Waals surface area contributed by atoms with Gasteiger partial charge in [-0.2, -0.15) is 9.41 Å². The standard InChI is InChI=1S/C22H27N3O6S/c1-29-17-13-20(30-2)19(21(14-17)31-3)15-23-24-22(26)16-8-7-9-18(12-16)32(27,28)25-10-5-4-6-11-25/h7-9,12-15H,4-6,10-11H2,1-3H3,(H,24,26)/b23-15+. The number of ether oxygens (including phenoxy) is 3. The molecular formula is C22H27N3O6S. The predicted molar refractivity (Wildman–Crippen MR) is 120 cm³/mol. The summed E-state index contributed by atoms with van der Waals surface area (Å²) in [6.07, 6.45) is 4.10. The number of nitrogens with zero attached hydrogens (tertiary/aromatic N) is 2. The van der Waals surface area contributed by atoms with Crippen molar-refractivity contribution in [2.75, 3.05) is 34.4 Å². The number of nitrogens with one attached hydrogen (secondary N) is 1. The Labute approximate surface area is 188 Å². The first-order chi connectivity index (χ1) is 15.4. The lowest BCUT2D eigenvalue weighted by atomic mass is 10.2. The molecule has 2 aromatic rings. The maximum Gasteiger partial charge on any atom is 0.271 e. The van der Waals surface area contributed by atoms with E-state index >= 15 is 0 Å².